The maximum Gasteiger partial charge on any atom is 0.330 e. The lowest BCUT2D eigenvalue weighted by Crippen LogP contribution is -2.44. The molecule has 1 aromatic carbocycles. The molecular weight excluding hydrogens is 264 g/mol. The molecule has 104 valence electrons. The van der Waals surface area contributed by atoms with Crippen LogP contribution in [0.3, 0.4) is 0 Å². The van der Waals surface area contributed by atoms with Crippen LogP contribution in [-0.2, 0) is 9.59 Å². The summed E-state index contributed by atoms with van der Waals surface area (Å²) < 4.78 is 0. The van der Waals surface area contributed by atoms with Crippen molar-refractivity contribution in [3.63, 3.8) is 0 Å². The van der Waals surface area contributed by atoms with Crippen LogP contribution in [0, 0.1) is 0 Å². The first-order valence-corrected chi connectivity index (χ1v) is 7.28. The molecule has 0 heterocycles. The third-order valence-electron chi connectivity index (χ3n) is 2.64. The third-order valence-corrected chi connectivity index (χ3v) is 3.28. The number of hydrogen-bond acceptors (Lipinski definition) is 4. The van der Waals surface area contributed by atoms with Gasteiger partial charge in [-0.1, -0.05) is 30.3 Å². The van der Waals surface area contributed by atoms with E-state index in [0.29, 0.717) is 12.0 Å². The predicted molar refractivity (Wildman–Crippen MR) is 75.9 cm³/mol. The highest BCUT2D eigenvalue weighted by Gasteiger charge is 2.24. The Labute approximate surface area is 116 Å². The largest absolute Gasteiger partial charge is 0.479 e. The minimum atomic E-state index is -1.10. The van der Waals surface area contributed by atoms with Crippen molar-refractivity contribution in [2.75, 3.05) is 12.0 Å². The van der Waals surface area contributed by atoms with Gasteiger partial charge in [-0.2, -0.15) is 11.8 Å². The molecule has 0 aliphatic heterocycles. The van der Waals surface area contributed by atoms with Gasteiger partial charge in [0.25, 0.3) is 0 Å². The zero-order valence-corrected chi connectivity index (χ0v) is 11.5. The van der Waals surface area contributed by atoms with Gasteiger partial charge in [0.2, 0.25) is 5.91 Å². The lowest BCUT2D eigenvalue weighted by atomic mass is 10.1. The molecule has 0 fully saturated rings. The molecule has 5 nitrogen and oxygen atoms in total. The summed E-state index contributed by atoms with van der Waals surface area (Å²) >= 11 is 1.59. The number of carbonyl (C=O) groups is 2. The monoisotopic (exact) mass is 282 g/mol. The van der Waals surface area contributed by atoms with Gasteiger partial charge in [-0.05, 0) is 24.0 Å². The van der Waals surface area contributed by atoms with Crippen LogP contribution in [0.1, 0.15) is 18.0 Å². The quantitative estimate of drug-likeness (QED) is 0.694. The average Bonchev–Trinajstić information content (AvgIpc) is 2.42. The Hall–Kier alpha value is -1.53. The van der Waals surface area contributed by atoms with Gasteiger partial charge in [-0.25, -0.2) is 4.79 Å². The molecule has 1 aromatic rings. The van der Waals surface area contributed by atoms with Crippen LogP contribution >= 0.6 is 11.8 Å². The SMILES string of the molecule is CSCC[C@@H](N)C(=O)NC(C(=O)O)c1ccccc1. The molecular formula is C13H18N2O3S. The molecule has 1 unspecified atom stereocenters. The van der Waals surface area contributed by atoms with Crippen molar-refractivity contribution in [3.8, 4) is 0 Å². The van der Waals surface area contributed by atoms with Gasteiger partial charge < -0.3 is 16.2 Å². The van der Waals surface area contributed by atoms with E-state index in [0.717, 1.165) is 5.75 Å². The first-order chi connectivity index (χ1) is 9.06. The minimum Gasteiger partial charge on any atom is -0.479 e. The Balaban J connectivity index is 2.70. The average molecular weight is 282 g/mol. The van der Waals surface area contributed by atoms with Gasteiger partial charge >= 0.3 is 5.97 Å². The lowest BCUT2D eigenvalue weighted by molar-refractivity contribution is -0.142. The molecule has 0 saturated heterocycles. The van der Waals surface area contributed by atoms with Crippen LogP contribution in [-0.4, -0.2) is 35.0 Å². The summed E-state index contributed by atoms with van der Waals surface area (Å²) in [6, 6.07) is 6.82. The fraction of sp³-hybridized carbons (Fsp3) is 0.385. The molecule has 1 rings (SSSR count). The van der Waals surface area contributed by atoms with Crippen molar-refractivity contribution in [3.05, 3.63) is 35.9 Å². The van der Waals surface area contributed by atoms with Crippen molar-refractivity contribution < 1.29 is 14.7 Å². The van der Waals surface area contributed by atoms with Crippen LogP contribution in [0.5, 0.6) is 0 Å². The smallest absolute Gasteiger partial charge is 0.330 e. The van der Waals surface area contributed by atoms with Gasteiger partial charge in [0.15, 0.2) is 6.04 Å². The van der Waals surface area contributed by atoms with Gasteiger partial charge in [-0.15, -0.1) is 0 Å². The van der Waals surface area contributed by atoms with Crippen LogP contribution < -0.4 is 11.1 Å². The number of rotatable bonds is 7. The van der Waals surface area contributed by atoms with Crippen molar-refractivity contribution in [1.82, 2.24) is 5.32 Å². The van der Waals surface area contributed by atoms with E-state index in [2.05, 4.69) is 5.32 Å². The van der Waals surface area contributed by atoms with E-state index >= 15 is 0 Å². The number of carboxylic acid groups (broad SMARTS) is 1. The highest BCUT2D eigenvalue weighted by molar-refractivity contribution is 7.98. The van der Waals surface area contributed by atoms with Gasteiger partial charge in [0.1, 0.15) is 0 Å². The first-order valence-electron chi connectivity index (χ1n) is 5.89. The van der Waals surface area contributed by atoms with Gasteiger partial charge in [-0.3, -0.25) is 4.79 Å². The number of nitrogens with two attached hydrogens (primary N) is 1. The Kier molecular flexibility index (Phi) is 6.38. The molecule has 1 amide bonds. The lowest BCUT2D eigenvalue weighted by Gasteiger charge is -2.17. The second-order valence-corrected chi connectivity index (χ2v) is 5.06. The highest BCUT2D eigenvalue weighted by atomic mass is 32.2. The Morgan fingerprint density at radius 1 is 1.37 bits per heavy atom. The maximum absolute atomic E-state index is 11.8. The predicted octanol–water partition coefficient (Wildman–Crippen LogP) is 1.01. The standard InChI is InChI=1S/C13H18N2O3S/c1-19-8-7-10(14)12(16)15-11(13(17)18)9-5-3-2-4-6-9/h2-6,10-11H,7-8,14H2,1H3,(H,15,16)(H,17,18)/t10-,11?/m1/s1. The second kappa shape index (κ2) is 7.81. The van der Waals surface area contributed by atoms with E-state index in [1.165, 1.54) is 0 Å². The molecule has 0 bridgehead atoms. The summed E-state index contributed by atoms with van der Waals surface area (Å²) in [5.74, 6) is -0.778. The number of nitrogens with one attached hydrogen (secondary N) is 1. The summed E-state index contributed by atoms with van der Waals surface area (Å²) in [4.78, 5) is 23.0. The van der Waals surface area contributed by atoms with Crippen LogP contribution in [0.2, 0.25) is 0 Å². The topological polar surface area (TPSA) is 92.4 Å². The van der Waals surface area contributed by atoms with E-state index in [-0.39, 0.29) is 0 Å². The van der Waals surface area contributed by atoms with E-state index < -0.39 is 24.0 Å². The number of carbonyl (C=O) groups excluding carboxylic acids is 1. The molecule has 4 N–H and O–H groups in total. The number of aliphatic carboxylic acids is 1. The molecule has 0 saturated carbocycles. The number of carboxylic acids is 1. The number of benzene rings is 1. The van der Waals surface area contributed by atoms with Crippen molar-refractivity contribution >= 4 is 23.6 Å². The van der Waals surface area contributed by atoms with Crippen LogP contribution in [0.15, 0.2) is 30.3 Å². The molecule has 0 radical (unpaired) electrons. The molecule has 0 spiro atoms. The van der Waals surface area contributed by atoms with Crippen LogP contribution in [0.4, 0.5) is 0 Å². The summed E-state index contributed by atoms with van der Waals surface area (Å²) in [6.45, 7) is 0. The van der Waals surface area contributed by atoms with E-state index in [1.807, 2.05) is 6.26 Å². The van der Waals surface area contributed by atoms with Crippen LogP contribution in [0.25, 0.3) is 0 Å². The summed E-state index contributed by atoms with van der Waals surface area (Å²) in [7, 11) is 0. The zero-order valence-electron chi connectivity index (χ0n) is 10.7. The summed E-state index contributed by atoms with van der Waals surface area (Å²) in [5, 5.41) is 11.6. The Morgan fingerprint density at radius 2 is 2.00 bits per heavy atom. The molecule has 0 aromatic heterocycles. The molecule has 6 heteroatoms. The Bertz CT molecular complexity index is 425. The summed E-state index contributed by atoms with van der Waals surface area (Å²) in [5.41, 5.74) is 6.24. The maximum atomic E-state index is 11.8. The van der Waals surface area contributed by atoms with Crippen molar-refractivity contribution in [1.29, 1.82) is 0 Å². The van der Waals surface area contributed by atoms with Gasteiger partial charge in [0.05, 0.1) is 6.04 Å². The first kappa shape index (κ1) is 15.5. The zero-order chi connectivity index (χ0) is 14.3. The van der Waals surface area contributed by atoms with E-state index in [9.17, 15) is 14.7 Å². The molecule has 0 aliphatic rings. The second-order valence-electron chi connectivity index (χ2n) is 4.08. The highest BCUT2D eigenvalue weighted by Crippen LogP contribution is 2.13. The van der Waals surface area contributed by atoms with Crippen molar-refractivity contribution in [2.45, 2.75) is 18.5 Å². The number of hydrogen-bond donors (Lipinski definition) is 3. The number of amides is 1. The minimum absolute atomic E-state index is 0.440. The molecule has 0 aliphatic carbocycles. The van der Waals surface area contributed by atoms with Crippen molar-refractivity contribution in [2.24, 2.45) is 5.73 Å². The number of thioether (sulfide) groups is 1. The summed E-state index contributed by atoms with van der Waals surface area (Å²) in [6.07, 6.45) is 2.45. The molecule has 19 heavy (non-hydrogen) atoms. The van der Waals surface area contributed by atoms with E-state index in [4.69, 9.17) is 5.73 Å². The fourth-order valence-electron chi connectivity index (χ4n) is 1.56. The normalized spacial score (nSPS) is 13.6. The third kappa shape index (κ3) is 4.92. The van der Waals surface area contributed by atoms with Gasteiger partial charge in [0, 0.05) is 0 Å². The molecule has 2 atom stereocenters. The Morgan fingerprint density at radius 3 is 2.53 bits per heavy atom. The fourth-order valence-corrected chi connectivity index (χ4v) is 2.05. The van der Waals surface area contributed by atoms with E-state index in [1.54, 1.807) is 42.1 Å².